The molecule has 1 saturated carbocycles. The van der Waals surface area contributed by atoms with Crippen LogP contribution in [0.2, 0.25) is 0 Å². The lowest BCUT2D eigenvalue weighted by molar-refractivity contribution is -0.135. The van der Waals surface area contributed by atoms with Gasteiger partial charge in [-0.2, -0.15) is 0 Å². The van der Waals surface area contributed by atoms with Crippen LogP contribution in [-0.2, 0) is 9.53 Å². The van der Waals surface area contributed by atoms with Gasteiger partial charge in [-0.25, -0.2) is 9.79 Å². The first-order valence-electron chi connectivity index (χ1n) is 5.82. The standard InChI is InChI=1S/C11H18N2O2/c12-9-11(14)15-10(13-9)8-6-4-2-1-3-5-7-8/h8-9H,1-7,12H2/t9-/m1/s1. The summed E-state index contributed by atoms with van der Waals surface area (Å²) in [6.07, 6.45) is 7.70. The predicted molar refractivity (Wildman–Crippen MR) is 57.3 cm³/mol. The minimum absolute atomic E-state index is 0.322. The summed E-state index contributed by atoms with van der Waals surface area (Å²) >= 11 is 0. The first-order chi connectivity index (χ1) is 7.27. The summed E-state index contributed by atoms with van der Waals surface area (Å²) in [5, 5.41) is 0. The average Bonchev–Trinajstić information content (AvgIpc) is 2.46. The van der Waals surface area contributed by atoms with Gasteiger partial charge >= 0.3 is 5.97 Å². The van der Waals surface area contributed by atoms with Crippen LogP contribution in [0.15, 0.2) is 4.99 Å². The first kappa shape index (κ1) is 10.6. The number of carbonyl (C=O) groups excluding carboxylic acids is 1. The Balaban J connectivity index is 1.96. The third kappa shape index (κ3) is 2.56. The Labute approximate surface area is 89.9 Å². The fraction of sp³-hybridized carbons (Fsp3) is 0.818. The van der Waals surface area contributed by atoms with E-state index in [1.165, 1.54) is 32.1 Å². The van der Waals surface area contributed by atoms with Gasteiger partial charge in [0.25, 0.3) is 0 Å². The van der Waals surface area contributed by atoms with Gasteiger partial charge in [0.15, 0.2) is 12.1 Å². The smallest absolute Gasteiger partial charge is 0.352 e. The molecule has 0 amide bonds. The highest BCUT2D eigenvalue weighted by molar-refractivity contribution is 5.97. The maximum Gasteiger partial charge on any atom is 0.352 e. The van der Waals surface area contributed by atoms with Crippen molar-refractivity contribution in [3.8, 4) is 0 Å². The second-order valence-electron chi connectivity index (χ2n) is 4.38. The van der Waals surface area contributed by atoms with Crippen LogP contribution in [0.5, 0.6) is 0 Å². The third-order valence-corrected chi connectivity index (χ3v) is 3.17. The van der Waals surface area contributed by atoms with Gasteiger partial charge in [-0.1, -0.05) is 32.1 Å². The molecule has 4 nitrogen and oxygen atoms in total. The highest BCUT2D eigenvalue weighted by Gasteiger charge is 2.30. The van der Waals surface area contributed by atoms with Crippen molar-refractivity contribution < 1.29 is 9.53 Å². The zero-order chi connectivity index (χ0) is 10.7. The Morgan fingerprint density at radius 3 is 2.27 bits per heavy atom. The fourth-order valence-electron chi connectivity index (χ4n) is 2.27. The van der Waals surface area contributed by atoms with E-state index in [1.807, 2.05) is 0 Å². The number of carbonyl (C=O) groups is 1. The van der Waals surface area contributed by atoms with Crippen LogP contribution in [0.1, 0.15) is 44.9 Å². The summed E-state index contributed by atoms with van der Waals surface area (Å²) < 4.78 is 5.10. The van der Waals surface area contributed by atoms with E-state index in [1.54, 1.807) is 0 Å². The number of esters is 1. The van der Waals surface area contributed by atoms with E-state index >= 15 is 0 Å². The summed E-state index contributed by atoms with van der Waals surface area (Å²) in [4.78, 5) is 15.2. The molecule has 1 heterocycles. The second-order valence-corrected chi connectivity index (χ2v) is 4.38. The van der Waals surface area contributed by atoms with Crippen LogP contribution in [0, 0.1) is 5.92 Å². The maximum atomic E-state index is 11.1. The molecule has 2 rings (SSSR count). The zero-order valence-corrected chi connectivity index (χ0v) is 8.95. The molecule has 84 valence electrons. The Hall–Kier alpha value is -0.900. The van der Waals surface area contributed by atoms with Crippen molar-refractivity contribution in [3.05, 3.63) is 0 Å². The summed E-state index contributed by atoms with van der Waals surface area (Å²) in [6.45, 7) is 0. The van der Waals surface area contributed by atoms with Crippen LogP contribution in [-0.4, -0.2) is 18.0 Å². The molecule has 0 spiro atoms. The zero-order valence-electron chi connectivity index (χ0n) is 8.95. The summed E-state index contributed by atoms with van der Waals surface area (Å²) in [5.41, 5.74) is 5.48. The van der Waals surface area contributed by atoms with Crippen molar-refractivity contribution >= 4 is 11.9 Å². The molecule has 2 aliphatic rings. The molecule has 0 aromatic rings. The van der Waals surface area contributed by atoms with Gasteiger partial charge in [0.05, 0.1) is 0 Å². The van der Waals surface area contributed by atoms with Gasteiger partial charge in [-0.05, 0) is 12.8 Å². The van der Waals surface area contributed by atoms with Crippen molar-refractivity contribution in [2.45, 2.75) is 51.1 Å². The van der Waals surface area contributed by atoms with Crippen LogP contribution in [0.25, 0.3) is 0 Å². The van der Waals surface area contributed by atoms with Gasteiger partial charge < -0.3 is 10.5 Å². The molecule has 1 aliphatic carbocycles. The predicted octanol–water partition coefficient (Wildman–Crippen LogP) is 1.59. The second kappa shape index (κ2) is 4.75. The molecule has 1 fully saturated rings. The Kier molecular flexibility index (Phi) is 3.36. The van der Waals surface area contributed by atoms with Crippen LogP contribution in [0.4, 0.5) is 0 Å². The quantitative estimate of drug-likeness (QED) is 0.668. The van der Waals surface area contributed by atoms with Crippen LogP contribution >= 0.6 is 0 Å². The number of nitrogens with zero attached hydrogens (tertiary/aromatic N) is 1. The van der Waals surface area contributed by atoms with E-state index in [2.05, 4.69) is 4.99 Å². The monoisotopic (exact) mass is 210 g/mol. The Bertz CT molecular complexity index is 268. The van der Waals surface area contributed by atoms with Gasteiger partial charge in [-0.15, -0.1) is 0 Å². The molecular formula is C11H18N2O2. The SMILES string of the molecule is N[C@@H]1N=C(C2CCCCCCC2)OC1=O. The van der Waals surface area contributed by atoms with Crippen molar-refractivity contribution in [2.24, 2.45) is 16.6 Å². The number of rotatable bonds is 1. The number of hydrogen-bond donors (Lipinski definition) is 1. The lowest BCUT2D eigenvalue weighted by Crippen LogP contribution is -2.24. The fourth-order valence-corrected chi connectivity index (χ4v) is 2.27. The van der Waals surface area contributed by atoms with Crippen molar-refractivity contribution in [1.29, 1.82) is 0 Å². The number of aliphatic imine (C=N–C) groups is 1. The van der Waals surface area contributed by atoms with Gasteiger partial charge in [0.2, 0.25) is 0 Å². The summed E-state index contributed by atoms with van der Waals surface area (Å²) in [6, 6.07) is 0. The maximum absolute atomic E-state index is 11.1. The van der Waals surface area contributed by atoms with Gasteiger partial charge in [0, 0.05) is 5.92 Å². The molecule has 0 aromatic heterocycles. The van der Waals surface area contributed by atoms with E-state index in [4.69, 9.17) is 10.5 Å². The van der Waals surface area contributed by atoms with Crippen molar-refractivity contribution in [2.75, 3.05) is 0 Å². The van der Waals surface area contributed by atoms with Gasteiger partial charge in [-0.3, -0.25) is 0 Å². The average molecular weight is 210 g/mol. The van der Waals surface area contributed by atoms with E-state index in [9.17, 15) is 4.79 Å². The van der Waals surface area contributed by atoms with Crippen LogP contribution in [0.3, 0.4) is 0 Å². The van der Waals surface area contributed by atoms with E-state index in [-0.39, 0.29) is 0 Å². The number of ether oxygens (including phenoxy) is 1. The summed E-state index contributed by atoms with van der Waals surface area (Å²) in [7, 11) is 0. The number of nitrogens with two attached hydrogens (primary N) is 1. The molecule has 1 atom stereocenters. The lowest BCUT2D eigenvalue weighted by Gasteiger charge is -2.18. The third-order valence-electron chi connectivity index (χ3n) is 3.17. The molecule has 15 heavy (non-hydrogen) atoms. The molecule has 0 bridgehead atoms. The molecular weight excluding hydrogens is 192 g/mol. The largest absolute Gasteiger partial charge is 0.409 e. The van der Waals surface area contributed by atoms with E-state index in [0.29, 0.717) is 11.8 Å². The highest BCUT2D eigenvalue weighted by atomic mass is 16.6. The normalized spacial score (nSPS) is 29.3. The first-order valence-corrected chi connectivity index (χ1v) is 5.82. The molecule has 4 heteroatoms. The Morgan fingerprint density at radius 1 is 1.13 bits per heavy atom. The van der Waals surface area contributed by atoms with Crippen molar-refractivity contribution in [1.82, 2.24) is 0 Å². The Morgan fingerprint density at radius 2 is 1.73 bits per heavy atom. The number of cyclic esters (lactones) is 1. The summed E-state index contributed by atoms with van der Waals surface area (Å²) in [5.74, 6) is 0.518. The highest BCUT2D eigenvalue weighted by Crippen LogP contribution is 2.25. The number of hydrogen-bond acceptors (Lipinski definition) is 4. The van der Waals surface area contributed by atoms with E-state index < -0.39 is 12.1 Å². The molecule has 0 saturated heterocycles. The van der Waals surface area contributed by atoms with Gasteiger partial charge in [0.1, 0.15) is 0 Å². The van der Waals surface area contributed by atoms with Crippen LogP contribution < -0.4 is 5.73 Å². The minimum atomic E-state index is -0.773. The molecule has 0 aromatic carbocycles. The molecule has 1 aliphatic heterocycles. The lowest BCUT2D eigenvalue weighted by atomic mass is 9.91. The van der Waals surface area contributed by atoms with E-state index in [0.717, 1.165) is 12.8 Å². The molecule has 2 N–H and O–H groups in total. The minimum Gasteiger partial charge on any atom is -0.409 e. The topological polar surface area (TPSA) is 64.7 Å². The molecule has 0 unspecified atom stereocenters. The van der Waals surface area contributed by atoms with Crippen molar-refractivity contribution in [3.63, 3.8) is 0 Å². The molecule has 0 radical (unpaired) electrons.